The minimum atomic E-state index is -0.835. The average Bonchev–Trinajstić information content (AvgIpc) is 3.25. The van der Waals surface area contributed by atoms with Gasteiger partial charge < -0.3 is 35.1 Å². The molecule has 0 amide bonds. The van der Waals surface area contributed by atoms with E-state index in [9.17, 15) is 19.8 Å². The number of rotatable bonds is 8. The number of carbonyl (C=O) groups excluding carboxylic acids is 1. The molecule has 5 aromatic carbocycles. The number of ketones is 1. The summed E-state index contributed by atoms with van der Waals surface area (Å²) in [6.07, 6.45) is 9.50. The average molecular weight is 693 g/mol. The van der Waals surface area contributed by atoms with Crippen molar-refractivity contribution in [2.75, 3.05) is 32.0 Å². The van der Waals surface area contributed by atoms with Gasteiger partial charge in [0.1, 0.15) is 17.3 Å². The summed E-state index contributed by atoms with van der Waals surface area (Å²) in [6, 6.07) is 3.30. The molecule has 1 unspecified atom stereocenters. The number of phenolic OH excluding ortho intramolecular Hbond substituents is 1. The fourth-order valence-electron chi connectivity index (χ4n) is 9.44. The van der Waals surface area contributed by atoms with E-state index in [1.165, 1.54) is 27.2 Å². The van der Waals surface area contributed by atoms with E-state index in [1.54, 1.807) is 7.11 Å². The molecule has 3 aliphatic rings. The molecule has 0 radical (unpaired) electrons. The van der Waals surface area contributed by atoms with Gasteiger partial charge in [-0.3, -0.25) is 14.4 Å². The fraction of sp³-hybridized carbons (Fsp3) is 0.439. The van der Waals surface area contributed by atoms with Gasteiger partial charge in [-0.25, -0.2) is 0 Å². The number of ether oxygens (including phenoxy) is 3. The maximum atomic E-state index is 15.3. The molecule has 266 valence electrons. The highest BCUT2D eigenvalue weighted by molar-refractivity contribution is 6.40. The predicted octanol–water partition coefficient (Wildman–Crippen LogP) is 7.18. The molecular formula is C41H44N2O8. The normalized spacial score (nSPS) is 21.0. The third-order valence-corrected chi connectivity index (χ3v) is 11.7. The number of nitrogens with one attached hydrogen (secondary N) is 2. The maximum absolute atomic E-state index is 15.3. The van der Waals surface area contributed by atoms with Crippen molar-refractivity contribution >= 4 is 66.3 Å². The molecule has 2 fully saturated rings. The molecule has 1 atom stereocenters. The zero-order chi connectivity index (χ0) is 35.9. The minimum Gasteiger partial charge on any atom is -0.504 e. The van der Waals surface area contributed by atoms with E-state index in [-0.39, 0.29) is 52.0 Å². The van der Waals surface area contributed by atoms with E-state index >= 15 is 4.79 Å². The standard InChI is InChI=1S/C41H44N2O8/c1-18-15-23-29-34-30(39(47)38(23)43-20-9-7-6-8-10-20)24(42-21-11-13-22(45)14-12-21)16-26(49-3)32(34)33-27(50-4)17-25(46)31-36(33)35(29)37(28(18)19(2)44)41(51-5)40(31)48/h15-17,20-22,28,42-43,45,48H,6-14H2,1-5H3. The van der Waals surface area contributed by atoms with Crippen LogP contribution in [-0.2, 0) is 4.79 Å². The van der Waals surface area contributed by atoms with Crippen LogP contribution in [0.4, 0.5) is 11.4 Å². The summed E-state index contributed by atoms with van der Waals surface area (Å²) in [5, 5.41) is 33.4. The van der Waals surface area contributed by atoms with E-state index in [4.69, 9.17) is 14.2 Å². The molecule has 0 saturated heterocycles. The topological polar surface area (TPSA) is 143 Å². The smallest absolute Gasteiger partial charge is 0.212 e. The highest BCUT2D eigenvalue weighted by Gasteiger charge is 2.38. The SMILES string of the molecule is COc1c(O)c2c(=O)cc(OC)c3c4c(OC)cc(NC5CCC(O)CC5)c5c(=O)c(NC6CCCCC6)c6c(c(c1C(C(C)=O)C(C)=C6)c23)c54. The number of carbonyl (C=O) groups is 1. The lowest BCUT2D eigenvalue weighted by molar-refractivity contribution is -0.117. The van der Waals surface area contributed by atoms with Crippen molar-refractivity contribution in [3.05, 3.63) is 49.3 Å². The van der Waals surface area contributed by atoms with Gasteiger partial charge in [0.05, 0.1) is 49.8 Å². The molecule has 10 nitrogen and oxygen atoms in total. The first-order valence-corrected chi connectivity index (χ1v) is 18.1. The Balaban J connectivity index is 1.66. The predicted molar refractivity (Wildman–Crippen MR) is 202 cm³/mol. The molecule has 0 spiro atoms. The number of Topliss-reactive ketones (excluding diaryl/α,β-unsaturated/α-hetero) is 1. The van der Waals surface area contributed by atoms with Gasteiger partial charge in [0.2, 0.25) is 5.43 Å². The summed E-state index contributed by atoms with van der Waals surface area (Å²) in [5.74, 6) is -0.575. The van der Waals surface area contributed by atoms with Crippen LogP contribution in [0.3, 0.4) is 0 Å². The highest BCUT2D eigenvalue weighted by atomic mass is 16.5. The number of anilines is 2. The van der Waals surface area contributed by atoms with Crippen LogP contribution >= 0.6 is 0 Å². The second-order valence-electron chi connectivity index (χ2n) is 14.7. The Kier molecular flexibility index (Phi) is 8.13. The summed E-state index contributed by atoms with van der Waals surface area (Å²) in [4.78, 5) is 43.0. The molecule has 3 aliphatic carbocycles. The van der Waals surface area contributed by atoms with Gasteiger partial charge in [-0.2, -0.15) is 0 Å². The van der Waals surface area contributed by atoms with Crippen molar-refractivity contribution in [1.29, 1.82) is 0 Å². The second-order valence-corrected chi connectivity index (χ2v) is 14.7. The van der Waals surface area contributed by atoms with Gasteiger partial charge in [0, 0.05) is 68.0 Å². The van der Waals surface area contributed by atoms with Gasteiger partial charge in [0.15, 0.2) is 16.9 Å². The van der Waals surface area contributed by atoms with Crippen molar-refractivity contribution in [3.63, 3.8) is 0 Å². The van der Waals surface area contributed by atoms with E-state index in [0.29, 0.717) is 84.4 Å². The number of methoxy groups -OCH3 is 3. The van der Waals surface area contributed by atoms with Crippen molar-refractivity contribution < 1.29 is 29.2 Å². The van der Waals surface area contributed by atoms with Crippen molar-refractivity contribution in [1.82, 2.24) is 0 Å². The summed E-state index contributed by atoms with van der Waals surface area (Å²) < 4.78 is 18.0. The van der Waals surface area contributed by atoms with Gasteiger partial charge in [-0.15, -0.1) is 0 Å². The highest BCUT2D eigenvalue weighted by Crippen LogP contribution is 2.57. The number of fused-ring (bicyclic) bond motifs is 1. The number of hydrogen-bond acceptors (Lipinski definition) is 10. The summed E-state index contributed by atoms with van der Waals surface area (Å²) in [7, 11) is 4.48. The Hall–Kier alpha value is -4.83. The summed E-state index contributed by atoms with van der Waals surface area (Å²) in [6.45, 7) is 3.38. The Morgan fingerprint density at radius 2 is 1.37 bits per heavy atom. The molecule has 5 aromatic rings. The van der Waals surface area contributed by atoms with Crippen LogP contribution in [0.25, 0.3) is 49.2 Å². The van der Waals surface area contributed by atoms with E-state index in [2.05, 4.69) is 10.6 Å². The number of hydrogen-bond donors (Lipinski definition) is 4. The molecule has 51 heavy (non-hydrogen) atoms. The molecule has 4 N–H and O–H groups in total. The fourth-order valence-corrected chi connectivity index (χ4v) is 9.44. The monoisotopic (exact) mass is 692 g/mol. The lowest BCUT2D eigenvalue weighted by Gasteiger charge is -2.30. The lowest BCUT2D eigenvalue weighted by atomic mass is 9.80. The number of phenols is 1. The first-order valence-electron chi connectivity index (χ1n) is 18.1. The Morgan fingerprint density at radius 1 is 0.745 bits per heavy atom. The molecule has 0 aromatic heterocycles. The Morgan fingerprint density at radius 3 is 2.00 bits per heavy atom. The Bertz CT molecular complexity index is 2390. The molecule has 0 heterocycles. The maximum Gasteiger partial charge on any atom is 0.212 e. The van der Waals surface area contributed by atoms with E-state index < -0.39 is 11.3 Å². The molecule has 2 saturated carbocycles. The van der Waals surface area contributed by atoms with Gasteiger partial charge >= 0.3 is 0 Å². The summed E-state index contributed by atoms with van der Waals surface area (Å²) in [5.41, 5.74) is 2.20. The first kappa shape index (κ1) is 33.3. The largest absolute Gasteiger partial charge is 0.504 e. The van der Waals surface area contributed by atoms with Crippen LogP contribution in [0.15, 0.2) is 27.3 Å². The molecule has 8 rings (SSSR count). The van der Waals surface area contributed by atoms with E-state index in [0.717, 1.165) is 44.9 Å². The minimum absolute atomic E-state index is 0.0215. The zero-order valence-electron chi connectivity index (χ0n) is 29.7. The second kappa shape index (κ2) is 12.4. The number of aliphatic hydroxyl groups excluding tert-OH is 1. The van der Waals surface area contributed by atoms with Crippen LogP contribution < -0.4 is 35.7 Å². The first-order chi connectivity index (χ1) is 24.6. The quantitative estimate of drug-likeness (QED) is 0.0976. The van der Waals surface area contributed by atoms with Crippen LogP contribution in [0, 0.1) is 0 Å². The van der Waals surface area contributed by atoms with Crippen LogP contribution in [-0.4, -0.2) is 55.5 Å². The van der Waals surface area contributed by atoms with Gasteiger partial charge in [-0.05, 0) is 57.8 Å². The molecule has 10 heteroatoms. The molecule has 0 bridgehead atoms. The van der Waals surface area contributed by atoms with Crippen molar-refractivity contribution in [3.8, 4) is 23.0 Å². The number of aromatic hydroxyl groups is 1. The number of allylic oxidation sites excluding steroid dienone is 1. The van der Waals surface area contributed by atoms with Crippen LogP contribution in [0.5, 0.6) is 23.0 Å². The molecule has 0 aliphatic heterocycles. The van der Waals surface area contributed by atoms with Gasteiger partial charge in [-0.1, -0.05) is 30.9 Å². The summed E-state index contributed by atoms with van der Waals surface area (Å²) >= 11 is 0. The van der Waals surface area contributed by atoms with Crippen molar-refractivity contribution in [2.45, 2.75) is 95.7 Å². The third kappa shape index (κ3) is 4.89. The number of benzene rings is 5. The third-order valence-electron chi connectivity index (χ3n) is 11.7. The zero-order valence-corrected chi connectivity index (χ0v) is 29.7. The number of aliphatic hydroxyl groups is 1. The van der Waals surface area contributed by atoms with Gasteiger partial charge in [0.25, 0.3) is 0 Å². The van der Waals surface area contributed by atoms with E-state index in [1.807, 2.05) is 19.1 Å². The van der Waals surface area contributed by atoms with Crippen LogP contribution in [0.2, 0.25) is 0 Å². The lowest BCUT2D eigenvalue weighted by Crippen LogP contribution is -2.29. The Labute approximate surface area is 295 Å². The molecular weight excluding hydrogens is 648 g/mol. The van der Waals surface area contributed by atoms with Crippen molar-refractivity contribution in [2.24, 2.45) is 0 Å². The van der Waals surface area contributed by atoms with Crippen LogP contribution in [0.1, 0.15) is 88.7 Å².